The summed E-state index contributed by atoms with van der Waals surface area (Å²) in [5, 5.41) is 9.09. The lowest BCUT2D eigenvalue weighted by Gasteiger charge is -2.09. The summed E-state index contributed by atoms with van der Waals surface area (Å²) >= 11 is 1.56. The van der Waals surface area contributed by atoms with Gasteiger partial charge < -0.3 is 4.74 Å². The van der Waals surface area contributed by atoms with Crippen molar-refractivity contribution in [2.45, 2.75) is 19.0 Å². The molecule has 0 aliphatic carbocycles. The van der Waals surface area contributed by atoms with Crippen molar-refractivity contribution in [3.05, 3.63) is 65.7 Å². The Morgan fingerprint density at radius 2 is 1.71 bits per heavy atom. The highest BCUT2D eigenvalue weighted by atomic mass is 32.2. The quantitative estimate of drug-likeness (QED) is 0.497. The van der Waals surface area contributed by atoms with Crippen LogP contribution in [-0.4, -0.2) is 27.1 Å². The molecule has 1 aromatic heterocycles. The summed E-state index contributed by atoms with van der Waals surface area (Å²) in [6.07, 6.45) is 0. The Morgan fingerprint density at radius 3 is 2.42 bits per heavy atom. The van der Waals surface area contributed by atoms with Gasteiger partial charge in [0.25, 0.3) is 0 Å². The molecule has 0 spiro atoms. The fraction of sp³-hybridized carbons (Fsp3) is 0.222. The van der Waals surface area contributed by atoms with E-state index in [0.29, 0.717) is 6.61 Å². The summed E-state index contributed by atoms with van der Waals surface area (Å²) < 4.78 is 20.7. The Balaban J connectivity index is 1.61. The zero-order valence-corrected chi connectivity index (χ0v) is 14.4. The van der Waals surface area contributed by atoms with E-state index in [0.717, 1.165) is 28.2 Å². The summed E-state index contributed by atoms with van der Waals surface area (Å²) in [5.74, 6) is 2.11. The maximum absolute atomic E-state index is 13.1. The van der Waals surface area contributed by atoms with E-state index in [-0.39, 0.29) is 5.82 Å². The average molecular weight is 343 g/mol. The van der Waals surface area contributed by atoms with Gasteiger partial charge in [0, 0.05) is 11.4 Å². The van der Waals surface area contributed by atoms with Crippen molar-refractivity contribution in [1.29, 1.82) is 0 Å². The molecule has 1 heterocycles. The molecule has 0 atom stereocenters. The van der Waals surface area contributed by atoms with Crippen LogP contribution in [0, 0.1) is 19.7 Å². The topological polar surface area (TPSA) is 39.9 Å². The molecule has 0 saturated carbocycles. The van der Waals surface area contributed by atoms with Gasteiger partial charge >= 0.3 is 0 Å². The Bertz CT molecular complexity index is 800. The molecule has 0 unspecified atom stereocenters. The van der Waals surface area contributed by atoms with Gasteiger partial charge in [-0.3, -0.25) is 4.57 Å². The molecule has 0 radical (unpaired) electrons. The summed E-state index contributed by atoms with van der Waals surface area (Å²) in [4.78, 5) is 0. The number of rotatable bonds is 6. The molecule has 2 aromatic carbocycles. The van der Waals surface area contributed by atoms with Gasteiger partial charge in [-0.25, -0.2) is 4.39 Å². The van der Waals surface area contributed by atoms with Crippen LogP contribution in [0.3, 0.4) is 0 Å². The predicted molar refractivity (Wildman–Crippen MR) is 93.5 cm³/mol. The lowest BCUT2D eigenvalue weighted by Crippen LogP contribution is -2.03. The molecule has 0 aliphatic rings. The van der Waals surface area contributed by atoms with Crippen molar-refractivity contribution in [2.24, 2.45) is 0 Å². The minimum atomic E-state index is -0.259. The molecule has 0 saturated heterocycles. The Hall–Kier alpha value is -2.34. The molecule has 6 heteroatoms. The van der Waals surface area contributed by atoms with E-state index in [4.69, 9.17) is 4.74 Å². The number of halogens is 1. The Morgan fingerprint density at radius 1 is 1.00 bits per heavy atom. The number of thioether (sulfide) groups is 1. The van der Waals surface area contributed by atoms with E-state index in [1.165, 1.54) is 17.7 Å². The van der Waals surface area contributed by atoms with Crippen LogP contribution in [0.5, 0.6) is 5.75 Å². The Kier molecular flexibility index (Phi) is 5.15. The van der Waals surface area contributed by atoms with Gasteiger partial charge in [-0.1, -0.05) is 29.5 Å². The molecular weight excluding hydrogens is 325 g/mol. The van der Waals surface area contributed by atoms with Crippen molar-refractivity contribution in [3.63, 3.8) is 0 Å². The first-order chi connectivity index (χ1) is 11.6. The standard InChI is InChI=1S/C18H18FN3OS/c1-13-3-9-17(10-4-13)23-11-12-24-18-21-20-14(2)22(18)16-7-5-15(19)6-8-16/h3-10H,11-12H2,1-2H3. The molecule has 0 aliphatic heterocycles. The zero-order chi connectivity index (χ0) is 16.9. The molecule has 0 amide bonds. The third kappa shape index (κ3) is 3.94. The number of ether oxygens (including phenoxy) is 1. The highest BCUT2D eigenvalue weighted by molar-refractivity contribution is 7.99. The maximum atomic E-state index is 13.1. The van der Waals surface area contributed by atoms with Crippen LogP contribution in [0.2, 0.25) is 0 Å². The summed E-state index contributed by atoms with van der Waals surface area (Å²) in [5.41, 5.74) is 2.06. The first kappa shape index (κ1) is 16.5. The lowest BCUT2D eigenvalue weighted by atomic mass is 10.2. The van der Waals surface area contributed by atoms with Crippen molar-refractivity contribution >= 4 is 11.8 Å². The van der Waals surface area contributed by atoms with E-state index >= 15 is 0 Å². The van der Waals surface area contributed by atoms with Crippen LogP contribution < -0.4 is 4.74 Å². The average Bonchev–Trinajstić information content (AvgIpc) is 2.95. The molecule has 0 fully saturated rings. The van der Waals surface area contributed by atoms with Gasteiger partial charge in [0.2, 0.25) is 0 Å². The molecular formula is C18H18FN3OS. The van der Waals surface area contributed by atoms with Crippen molar-refractivity contribution in [3.8, 4) is 11.4 Å². The van der Waals surface area contributed by atoms with Gasteiger partial charge in [-0.15, -0.1) is 10.2 Å². The zero-order valence-electron chi connectivity index (χ0n) is 13.6. The SMILES string of the molecule is Cc1ccc(OCCSc2nnc(C)n2-c2ccc(F)cc2)cc1. The monoisotopic (exact) mass is 343 g/mol. The van der Waals surface area contributed by atoms with Gasteiger partial charge in [0.05, 0.1) is 6.61 Å². The van der Waals surface area contributed by atoms with Crippen LogP contribution in [0.15, 0.2) is 53.7 Å². The van der Waals surface area contributed by atoms with Crippen molar-refractivity contribution in [2.75, 3.05) is 12.4 Å². The second-order valence-corrected chi connectivity index (χ2v) is 6.41. The van der Waals surface area contributed by atoms with E-state index in [9.17, 15) is 4.39 Å². The molecule has 4 nitrogen and oxygen atoms in total. The molecule has 0 N–H and O–H groups in total. The molecule has 3 rings (SSSR count). The number of aromatic nitrogens is 3. The molecule has 124 valence electrons. The molecule has 3 aromatic rings. The highest BCUT2D eigenvalue weighted by Crippen LogP contribution is 2.22. The van der Waals surface area contributed by atoms with Gasteiger partial charge in [-0.2, -0.15) is 0 Å². The van der Waals surface area contributed by atoms with Crippen LogP contribution in [0.25, 0.3) is 5.69 Å². The highest BCUT2D eigenvalue weighted by Gasteiger charge is 2.11. The predicted octanol–water partition coefficient (Wildman–Crippen LogP) is 4.19. The van der Waals surface area contributed by atoms with Crippen LogP contribution in [0.1, 0.15) is 11.4 Å². The van der Waals surface area contributed by atoms with E-state index in [1.54, 1.807) is 23.9 Å². The van der Waals surface area contributed by atoms with E-state index < -0.39 is 0 Å². The third-order valence-electron chi connectivity index (χ3n) is 3.48. The number of aryl methyl sites for hydroxylation is 2. The minimum Gasteiger partial charge on any atom is -0.493 e. The fourth-order valence-electron chi connectivity index (χ4n) is 2.25. The maximum Gasteiger partial charge on any atom is 0.195 e. The van der Waals surface area contributed by atoms with Crippen LogP contribution in [0.4, 0.5) is 4.39 Å². The largest absolute Gasteiger partial charge is 0.493 e. The fourth-order valence-corrected chi connectivity index (χ4v) is 3.07. The van der Waals surface area contributed by atoms with E-state index in [1.807, 2.05) is 42.7 Å². The first-order valence-corrected chi connectivity index (χ1v) is 8.62. The molecule has 24 heavy (non-hydrogen) atoms. The number of hydrogen-bond acceptors (Lipinski definition) is 4. The van der Waals surface area contributed by atoms with Crippen molar-refractivity contribution in [1.82, 2.24) is 14.8 Å². The smallest absolute Gasteiger partial charge is 0.195 e. The van der Waals surface area contributed by atoms with Gasteiger partial charge in [0.1, 0.15) is 17.4 Å². The first-order valence-electron chi connectivity index (χ1n) is 7.64. The Labute approximate surface area is 144 Å². The third-order valence-corrected chi connectivity index (χ3v) is 4.38. The summed E-state index contributed by atoms with van der Waals surface area (Å²) in [6.45, 7) is 4.50. The number of hydrogen-bond donors (Lipinski definition) is 0. The normalized spacial score (nSPS) is 10.8. The number of nitrogens with zero attached hydrogens (tertiary/aromatic N) is 3. The minimum absolute atomic E-state index is 0.259. The van der Waals surface area contributed by atoms with Crippen LogP contribution in [-0.2, 0) is 0 Å². The van der Waals surface area contributed by atoms with Crippen LogP contribution >= 0.6 is 11.8 Å². The molecule has 0 bridgehead atoms. The van der Waals surface area contributed by atoms with Gasteiger partial charge in [-0.05, 0) is 50.2 Å². The number of benzene rings is 2. The van der Waals surface area contributed by atoms with Gasteiger partial charge in [0.15, 0.2) is 5.16 Å². The van der Waals surface area contributed by atoms with Crippen molar-refractivity contribution < 1.29 is 9.13 Å². The van der Waals surface area contributed by atoms with E-state index in [2.05, 4.69) is 10.2 Å². The summed E-state index contributed by atoms with van der Waals surface area (Å²) in [6, 6.07) is 14.3. The second-order valence-electron chi connectivity index (χ2n) is 5.35. The lowest BCUT2D eigenvalue weighted by molar-refractivity contribution is 0.344. The second kappa shape index (κ2) is 7.49. The summed E-state index contributed by atoms with van der Waals surface area (Å²) in [7, 11) is 0.